The Labute approximate surface area is 105 Å². The fraction of sp³-hybridized carbons (Fsp3) is 0.636. The van der Waals surface area contributed by atoms with Crippen LogP contribution in [0.2, 0.25) is 0 Å². The van der Waals surface area contributed by atoms with Crippen molar-refractivity contribution in [3.05, 3.63) is 12.0 Å². The van der Waals surface area contributed by atoms with Crippen LogP contribution in [-0.2, 0) is 0 Å². The topological polar surface area (TPSA) is 41.1 Å². The number of nitrogens with zero attached hydrogens (tertiary/aromatic N) is 3. The second-order valence-corrected chi connectivity index (χ2v) is 5.57. The van der Waals surface area contributed by atoms with Crippen LogP contribution in [0.5, 0.6) is 0 Å². The van der Waals surface area contributed by atoms with Crippen molar-refractivity contribution in [1.29, 1.82) is 0 Å². The highest BCUT2D eigenvalue weighted by Crippen LogP contribution is 2.24. The van der Waals surface area contributed by atoms with Gasteiger partial charge in [-0.3, -0.25) is 0 Å². The quantitative estimate of drug-likeness (QED) is 0.895. The third-order valence-corrected chi connectivity index (χ3v) is 3.74. The molecule has 17 heavy (non-hydrogen) atoms. The Kier molecular flexibility index (Phi) is 4.04. The van der Waals surface area contributed by atoms with Gasteiger partial charge in [0.25, 0.3) is 0 Å². The van der Waals surface area contributed by atoms with Crippen LogP contribution in [0.1, 0.15) is 13.8 Å². The van der Waals surface area contributed by atoms with Gasteiger partial charge in [0, 0.05) is 30.6 Å². The molecule has 1 N–H and O–H groups in total. The molecular weight excluding hydrogens is 239 g/mol. The summed E-state index contributed by atoms with van der Waals surface area (Å²) < 4.78 is 13.7. The number of thioether (sulfide) groups is 1. The zero-order valence-electron chi connectivity index (χ0n) is 10.1. The monoisotopic (exact) mass is 256 g/mol. The van der Waals surface area contributed by atoms with Crippen LogP contribution in [0, 0.1) is 5.82 Å². The maximum Gasteiger partial charge on any atom is 0.224 e. The highest BCUT2D eigenvalue weighted by atomic mass is 32.2. The van der Waals surface area contributed by atoms with E-state index >= 15 is 0 Å². The molecule has 1 aromatic heterocycles. The predicted molar refractivity (Wildman–Crippen MR) is 70.3 cm³/mol. The summed E-state index contributed by atoms with van der Waals surface area (Å²) in [5.74, 6) is 1.59. The van der Waals surface area contributed by atoms with Gasteiger partial charge in [-0.1, -0.05) is 6.92 Å². The summed E-state index contributed by atoms with van der Waals surface area (Å²) in [5, 5.41) is 3.52. The number of nitrogens with one attached hydrogen (secondary N) is 1. The van der Waals surface area contributed by atoms with Gasteiger partial charge < -0.3 is 10.2 Å². The molecule has 0 bridgehead atoms. The van der Waals surface area contributed by atoms with Crippen molar-refractivity contribution < 1.29 is 4.39 Å². The van der Waals surface area contributed by atoms with E-state index < -0.39 is 0 Å². The molecule has 0 saturated carbocycles. The van der Waals surface area contributed by atoms with Gasteiger partial charge >= 0.3 is 0 Å². The molecule has 0 aliphatic carbocycles. The zero-order valence-corrected chi connectivity index (χ0v) is 10.9. The van der Waals surface area contributed by atoms with Gasteiger partial charge in [0.2, 0.25) is 5.95 Å². The molecule has 1 fully saturated rings. The summed E-state index contributed by atoms with van der Waals surface area (Å²) in [6.45, 7) is 6.53. The number of hydrogen-bond donors (Lipinski definition) is 1. The van der Waals surface area contributed by atoms with Crippen LogP contribution in [0.4, 0.5) is 16.2 Å². The van der Waals surface area contributed by atoms with E-state index in [2.05, 4.69) is 22.2 Å². The molecule has 1 aliphatic heterocycles. The largest absolute Gasteiger partial charge is 0.354 e. The molecule has 1 atom stereocenters. The van der Waals surface area contributed by atoms with E-state index in [1.165, 1.54) is 6.20 Å². The summed E-state index contributed by atoms with van der Waals surface area (Å²) in [5.41, 5.74) is 0. The fourth-order valence-corrected chi connectivity index (χ4v) is 2.85. The molecule has 1 aliphatic rings. The van der Waals surface area contributed by atoms with Gasteiger partial charge in [-0.25, -0.2) is 9.37 Å². The third-order valence-electron chi connectivity index (χ3n) is 2.60. The van der Waals surface area contributed by atoms with Crippen molar-refractivity contribution in [1.82, 2.24) is 9.97 Å². The van der Waals surface area contributed by atoms with Gasteiger partial charge in [-0.15, -0.1) is 0 Å². The SMILES string of the molecule is CCNc1ncc(F)c(N2CCSC(C)C2)n1. The Morgan fingerprint density at radius 1 is 1.65 bits per heavy atom. The number of hydrogen-bond acceptors (Lipinski definition) is 5. The normalized spacial score (nSPS) is 20.4. The molecule has 0 radical (unpaired) electrons. The number of aromatic nitrogens is 2. The van der Waals surface area contributed by atoms with E-state index in [1.54, 1.807) is 0 Å². The lowest BCUT2D eigenvalue weighted by Crippen LogP contribution is -2.37. The maximum atomic E-state index is 13.7. The first-order valence-electron chi connectivity index (χ1n) is 5.83. The minimum Gasteiger partial charge on any atom is -0.354 e. The van der Waals surface area contributed by atoms with Crippen molar-refractivity contribution in [2.75, 3.05) is 35.6 Å². The van der Waals surface area contributed by atoms with Gasteiger partial charge in [-0.2, -0.15) is 16.7 Å². The second-order valence-electron chi connectivity index (χ2n) is 4.02. The molecule has 1 unspecified atom stereocenters. The molecular formula is C11H17FN4S. The lowest BCUT2D eigenvalue weighted by molar-refractivity contribution is 0.601. The van der Waals surface area contributed by atoms with Crippen molar-refractivity contribution in [2.45, 2.75) is 19.1 Å². The zero-order chi connectivity index (χ0) is 12.3. The Morgan fingerprint density at radius 3 is 3.18 bits per heavy atom. The average molecular weight is 256 g/mol. The number of anilines is 2. The van der Waals surface area contributed by atoms with Crippen LogP contribution >= 0.6 is 11.8 Å². The minimum absolute atomic E-state index is 0.342. The molecule has 1 saturated heterocycles. The van der Waals surface area contributed by atoms with E-state index in [1.807, 2.05) is 23.6 Å². The molecule has 2 rings (SSSR count). The summed E-state index contributed by atoms with van der Waals surface area (Å²) in [6.07, 6.45) is 1.24. The van der Waals surface area contributed by atoms with Crippen LogP contribution in [-0.4, -0.2) is 40.6 Å². The van der Waals surface area contributed by atoms with Crippen molar-refractivity contribution in [3.63, 3.8) is 0 Å². The highest BCUT2D eigenvalue weighted by molar-refractivity contribution is 8.00. The van der Waals surface area contributed by atoms with Crippen LogP contribution in [0.15, 0.2) is 6.20 Å². The first-order chi connectivity index (χ1) is 8.20. The summed E-state index contributed by atoms with van der Waals surface area (Å²) in [6, 6.07) is 0. The molecule has 4 nitrogen and oxygen atoms in total. The fourth-order valence-electron chi connectivity index (χ4n) is 1.83. The van der Waals surface area contributed by atoms with Crippen LogP contribution in [0.25, 0.3) is 0 Å². The van der Waals surface area contributed by atoms with E-state index in [0.717, 1.165) is 25.4 Å². The van der Waals surface area contributed by atoms with Crippen LogP contribution < -0.4 is 10.2 Å². The number of rotatable bonds is 3. The van der Waals surface area contributed by atoms with E-state index in [-0.39, 0.29) is 5.82 Å². The minimum atomic E-state index is -0.342. The Balaban J connectivity index is 2.20. The molecule has 6 heteroatoms. The first-order valence-corrected chi connectivity index (χ1v) is 6.88. The summed E-state index contributed by atoms with van der Waals surface area (Å²) >= 11 is 1.91. The maximum absolute atomic E-state index is 13.7. The highest BCUT2D eigenvalue weighted by Gasteiger charge is 2.21. The smallest absolute Gasteiger partial charge is 0.224 e. The Bertz CT molecular complexity index is 388. The van der Waals surface area contributed by atoms with E-state index in [9.17, 15) is 4.39 Å². The molecule has 2 heterocycles. The van der Waals surface area contributed by atoms with Crippen molar-refractivity contribution in [2.24, 2.45) is 0 Å². The standard InChI is InChI=1S/C11H17FN4S/c1-3-13-11-14-6-9(12)10(15-11)16-4-5-17-8(2)7-16/h6,8H,3-5,7H2,1-2H3,(H,13,14,15). The molecule has 0 amide bonds. The number of halogens is 1. The first kappa shape index (κ1) is 12.4. The Morgan fingerprint density at radius 2 is 2.47 bits per heavy atom. The summed E-state index contributed by atoms with van der Waals surface area (Å²) in [4.78, 5) is 10.2. The van der Waals surface area contributed by atoms with Crippen LogP contribution in [0.3, 0.4) is 0 Å². The van der Waals surface area contributed by atoms with Gasteiger partial charge in [0.15, 0.2) is 11.6 Å². The molecule has 1 aromatic rings. The predicted octanol–water partition coefficient (Wildman–Crippen LogP) is 1.99. The second kappa shape index (κ2) is 5.53. The van der Waals surface area contributed by atoms with Gasteiger partial charge in [0.1, 0.15) is 0 Å². The van der Waals surface area contributed by atoms with E-state index in [0.29, 0.717) is 17.0 Å². The van der Waals surface area contributed by atoms with Crippen molar-refractivity contribution >= 4 is 23.5 Å². The Hall–Kier alpha value is -1.04. The molecule has 0 spiro atoms. The molecule has 94 valence electrons. The van der Waals surface area contributed by atoms with Crippen molar-refractivity contribution in [3.8, 4) is 0 Å². The van der Waals surface area contributed by atoms with Gasteiger partial charge in [-0.05, 0) is 6.92 Å². The van der Waals surface area contributed by atoms with Gasteiger partial charge in [0.05, 0.1) is 6.20 Å². The lowest BCUT2D eigenvalue weighted by Gasteiger charge is -2.31. The average Bonchev–Trinajstić information content (AvgIpc) is 2.32. The summed E-state index contributed by atoms with van der Waals surface area (Å²) in [7, 11) is 0. The third kappa shape index (κ3) is 3.00. The lowest BCUT2D eigenvalue weighted by atomic mass is 10.3. The molecule has 0 aromatic carbocycles. The van der Waals surface area contributed by atoms with E-state index in [4.69, 9.17) is 0 Å².